The number of carbonyl (C=O) groups is 1. The zero-order valence-electron chi connectivity index (χ0n) is 14.7. The van der Waals surface area contributed by atoms with Gasteiger partial charge in [0, 0.05) is 23.5 Å². The molecule has 0 fully saturated rings. The minimum absolute atomic E-state index is 0.0839. The Morgan fingerprint density at radius 3 is 2.64 bits per heavy atom. The molecule has 0 saturated heterocycles. The molecule has 5 nitrogen and oxygen atoms in total. The molecule has 1 aromatic carbocycles. The molecule has 0 bridgehead atoms. The van der Waals surface area contributed by atoms with Gasteiger partial charge in [0.25, 0.3) is 5.22 Å². The van der Waals surface area contributed by atoms with Crippen LogP contribution in [0.25, 0.3) is 0 Å². The first-order valence-corrected chi connectivity index (χ1v) is 9.26. The molecule has 25 heavy (non-hydrogen) atoms. The molecule has 0 aliphatic heterocycles. The highest BCUT2D eigenvalue weighted by molar-refractivity contribution is 7.99. The molecule has 0 saturated carbocycles. The van der Waals surface area contributed by atoms with Crippen LogP contribution in [0.15, 0.2) is 46.0 Å². The second kappa shape index (κ2) is 7.70. The number of benzene rings is 1. The highest BCUT2D eigenvalue weighted by Gasteiger charge is 2.17. The Kier molecular flexibility index (Phi) is 5.38. The zero-order valence-corrected chi connectivity index (χ0v) is 15.5. The molecule has 2 aromatic heterocycles. The molecule has 0 radical (unpaired) electrons. The number of thioether (sulfide) groups is 1. The first-order chi connectivity index (χ1) is 12.1. The van der Waals surface area contributed by atoms with E-state index < -0.39 is 0 Å². The van der Waals surface area contributed by atoms with Crippen molar-refractivity contribution < 1.29 is 9.21 Å². The Morgan fingerprint density at radius 2 is 1.96 bits per heavy atom. The topological polar surface area (TPSA) is 60.9 Å². The summed E-state index contributed by atoms with van der Waals surface area (Å²) in [6.07, 6.45) is 0.597. The Bertz CT molecular complexity index is 868. The lowest BCUT2D eigenvalue weighted by molar-refractivity contribution is 0.102. The number of Topliss-reactive ketones (excluding diaryl/α,β-unsaturated/α-hetero) is 1. The Morgan fingerprint density at radius 1 is 1.20 bits per heavy atom. The monoisotopic (exact) mass is 355 g/mol. The molecule has 2 heterocycles. The average Bonchev–Trinajstić information content (AvgIpc) is 3.17. The van der Waals surface area contributed by atoms with E-state index in [0.717, 1.165) is 29.1 Å². The van der Waals surface area contributed by atoms with Crippen LogP contribution in [0, 0.1) is 13.8 Å². The van der Waals surface area contributed by atoms with Crippen molar-refractivity contribution in [2.45, 2.75) is 39.0 Å². The van der Waals surface area contributed by atoms with Gasteiger partial charge in [0.05, 0.1) is 12.2 Å². The molecule has 130 valence electrons. The fraction of sp³-hybridized carbons (Fsp3) is 0.316. The highest BCUT2D eigenvalue weighted by Crippen LogP contribution is 2.22. The Balaban J connectivity index is 1.61. The van der Waals surface area contributed by atoms with Crippen LogP contribution in [0.4, 0.5) is 0 Å². The molecule has 6 heteroatoms. The first kappa shape index (κ1) is 17.5. The molecule has 0 unspecified atom stereocenters. The Hall–Kier alpha value is -2.34. The fourth-order valence-electron chi connectivity index (χ4n) is 2.91. The summed E-state index contributed by atoms with van der Waals surface area (Å²) in [5, 5.41) is 8.52. The number of aryl methyl sites for hydroxylation is 1. The summed E-state index contributed by atoms with van der Waals surface area (Å²) in [5.74, 6) is 0.937. The third kappa shape index (κ3) is 4.02. The molecule has 0 spiro atoms. The van der Waals surface area contributed by atoms with Gasteiger partial charge in [-0.1, -0.05) is 42.1 Å². The number of carbonyl (C=O) groups excluding carboxylic acids is 1. The second-order valence-electron chi connectivity index (χ2n) is 5.86. The minimum Gasteiger partial charge on any atom is -0.416 e. The number of aromatic nitrogens is 3. The van der Waals surface area contributed by atoms with E-state index >= 15 is 0 Å². The van der Waals surface area contributed by atoms with E-state index in [9.17, 15) is 4.79 Å². The summed E-state index contributed by atoms with van der Waals surface area (Å²) in [7, 11) is 0. The third-order valence-electron chi connectivity index (χ3n) is 4.16. The largest absolute Gasteiger partial charge is 0.416 e. The van der Waals surface area contributed by atoms with Crippen molar-refractivity contribution in [1.82, 2.24) is 14.8 Å². The van der Waals surface area contributed by atoms with Crippen molar-refractivity contribution in [2.75, 3.05) is 5.75 Å². The summed E-state index contributed by atoms with van der Waals surface area (Å²) in [4.78, 5) is 12.5. The van der Waals surface area contributed by atoms with Gasteiger partial charge in [0.1, 0.15) is 0 Å². The van der Waals surface area contributed by atoms with Crippen LogP contribution < -0.4 is 0 Å². The zero-order chi connectivity index (χ0) is 17.8. The van der Waals surface area contributed by atoms with Crippen molar-refractivity contribution in [3.63, 3.8) is 0 Å². The molecule has 0 aliphatic carbocycles. The highest BCUT2D eigenvalue weighted by atomic mass is 32.2. The summed E-state index contributed by atoms with van der Waals surface area (Å²) in [6.45, 7) is 6.95. The molecule has 3 aromatic rings. The van der Waals surface area contributed by atoms with Crippen LogP contribution >= 0.6 is 11.8 Å². The van der Waals surface area contributed by atoms with Gasteiger partial charge in [0.2, 0.25) is 5.89 Å². The van der Waals surface area contributed by atoms with Gasteiger partial charge in [0.15, 0.2) is 5.78 Å². The van der Waals surface area contributed by atoms with Crippen molar-refractivity contribution >= 4 is 17.5 Å². The minimum atomic E-state index is 0.0839. The molecule has 0 atom stereocenters. The first-order valence-electron chi connectivity index (χ1n) is 8.27. The quantitative estimate of drug-likeness (QED) is 0.472. The molecule has 3 rings (SSSR count). The maximum absolute atomic E-state index is 12.5. The van der Waals surface area contributed by atoms with Crippen LogP contribution in [0.5, 0.6) is 0 Å². The normalized spacial score (nSPS) is 11.0. The second-order valence-corrected chi connectivity index (χ2v) is 6.79. The number of ketones is 1. The fourth-order valence-corrected chi connectivity index (χ4v) is 3.58. The molecule has 0 amide bonds. The van der Waals surface area contributed by atoms with Crippen LogP contribution in [0.2, 0.25) is 0 Å². The van der Waals surface area contributed by atoms with E-state index in [1.54, 1.807) is 0 Å². The van der Waals surface area contributed by atoms with Gasteiger partial charge in [-0.2, -0.15) is 0 Å². The molecular formula is C19H21N3O2S. The van der Waals surface area contributed by atoms with E-state index in [1.807, 2.05) is 50.2 Å². The van der Waals surface area contributed by atoms with Crippen LogP contribution in [0.3, 0.4) is 0 Å². The smallest absolute Gasteiger partial charge is 0.277 e. The predicted octanol–water partition coefficient (Wildman–Crippen LogP) is 4.07. The molecule has 0 aliphatic rings. The van der Waals surface area contributed by atoms with E-state index in [0.29, 0.717) is 23.3 Å². The van der Waals surface area contributed by atoms with Crippen LogP contribution in [-0.2, 0) is 13.0 Å². The van der Waals surface area contributed by atoms with Crippen LogP contribution in [0.1, 0.15) is 40.1 Å². The average molecular weight is 355 g/mol. The van der Waals surface area contributed by atoms with Gasteiger partial charge >= 0.3 is 0 Å². The lowest BCUT2D eigenvalue weighted by Crippen LogP contribution is -2.05. The van der Waals surface area contributed by atoms with Gasteiger partial charge in [-0.15, -0.1) is 10.2 Å². The van der Waals surface area contributed by atoms with Crippen LogP contribution in [-0.4, -0.2) is 26.3 Å². The van der Waals surface area contributed by atoms with E-state index in [-0.39, 0.29) is 5.78 Å². The summed E-state index contributed by atoms with van der Waals surface area (Å²) >= 11 is 1.29. The lowest BCUT2D eigenvalue weighted by atomic mass is 10.2. The van der Waals surface area contributed by atoms with Crippen molar-refractivity contribution in [2.24, 2.45) is 0 Å². The maximum atomic E-state index is 12.5. The number of hydrogen-bond acceptors (Lipinski definition) is 5. The van der Waals surface area contributed by atoms with Gasteiger partial charge in [-0.05, 0) is 32.4 Å². The third-order valence-corrected chi connectivity index (χ3v) is 4.98. The standard InChI is InChI=1S/C19H21N3O2S/c1-4-22-13(2)10-16(14(22)3)17(23)12-25-19-21-20-18(24-19)11-15-8-6-5-7-9-15/h5-10H,4,11-12H2,1-3H3. The van der Waals surface area contributed by atoms with E-state index in [4.69, 9.17) is 4.42 Å². The summed E-state index contributed by atoms with van der Waals surface area (Å²) < 4.78 is 7.78. The maximum Gasteiger partial charge on any atom is 0.277 e. The van der Waals surface area contributed by atoms with Gasteiger partial charge in [-0.25, -0.2) is 0 Å². The Labute approximate surface area is 151 Å². The van der Waals surface area contributed by atoms with Gasteiger partial charge in [-0.3, -0.25) is 4.79 Å². The number of hydrogen-bond donors (Lipinski definition) is 0. The number of nitrogens with zero attached hydrogens (tertiary/aromatic N) is 3. The SMILES string of the molecule is CCn1c(C)cc(C(=O)CSc2nnc(Cc3ccccc3)o2)c1C. The molecule has 0 N–H and O–H groups in total. The lowest BCUT2D eigenvalue weighted by Gasteiger charge is -2.05. The summed E-state index contributed by atoms with van der Waals surface area (Å²) in [5.41, 5.74) is 4.01. The van der Waals surface area contributed by atoms with Crippen molar-refractivity contribution in [3.8, 4) is 0 Å². The van der Waals surface area contributed by atoms with E-state index in [1.165, 1.54) is 11.8 Å². The van der Waals surface area contributed by atoms with Gasteiger partial charge < -0.3 is 8.98 Å². The molecular weight excluding hydrogens is 334 g/mol. The summed E-state index contributed by atoms with van der Waals surface area (Å²) in [6, 6.07) is 11.9. The van der Waals surface area contributed by atoms with E-state index in [2.05, 4.69) is 21.7 Å². The van der Waals surface area contributed by atoms with Crippen molar-refractivity contribution in [1.29, 1.82) is 0 Å². The predicted molar refractivity (Wildman–Crippen MR) is 98.2 cm³/mol. The van der Waals surface area contributed by atoms with Crippen molar-refractivity contribution in [3.05, 3.63) is 64.8 Å². The number of rotatable bonds is 7.